The van der Waals surface area contributed by atoms with Gasteiger partial charge in [0.2, 0.25) is 11.9 Å². The molecule has 0 saturated carbocycles. The predicted octanol–water partition coefficient (Wildman–Crippen LogP) is 2.39. The molecule has 3 aliphatic heterocycles. The van der Waals surface area contributed by atoms with E-state index in [2.05, 4.69) is 4.58 Å². The molecule has 1 aromatic rings. The van der Waals surface area contributed by atoms with Crippen LogP contribution in [-0.2, 0) is 11.3 Å². The Kier molecular flexibility index (Phi) is 5.10. The second kappa shape index (κ2) is 7.54. The molecule has 8 heteroatoms. The maximum absolute atomic E-state index is 13.0. The Balaban J connectivity index is 1.79. The molecule has 1 atom stereocenters. The zero-order chi connectivity index (χ0) is 19.8. The van der Waals surface area contributed by atoms with Crippen molar-refractivity contribution in [2.24, 2.45) is 4.99 Å². The molecular formula is C20H25ClN5O2+. The van der Waals surface area contributed by atoms with Crippen LogP contribution in [-0.4, -0.2) is 76.2 Å². The molecule has 4 rings (SSSR count). The van der Waals surface area contributed by atoms with E-state index in [-0.39, 0.29) is 11.9 Å². The first-order valence-corrected chi connectivity index (χ1v) is 10.1. The number of urea groups is 1. The van der Waals surface area contributed by atoms with Crippen LogP contribution in [0.4, 0.5) is 4.79 Å². The highest BCUT2D eigenvalue weighted by Gasteiger charge is 2.55. The SMILES string of the molecule is CN1C(=O)C2C(=NC(=[N+]3CCCCCC3)N2Cc2ccccc2Cl)N(C)C1=O. The van der Waals surface area contributed by atoms with Crippen LogP contribution in [0.2, 0.25) is 5.02 Å². The van der Waals surface area contributed by atoms with E-state index in [1.165, 1.54) is 29.7 Å². The first-order chi connectivity index (χ1) is 13.5. The van der Waals surface area contributed by atoms with E-state index in [0.29, 0.717) is 17.4 Å². The van der Waals surface area contributed by atoms with Gasteiger partial charge < -0.3 is 0 Å². The van der Waals surface area contributed by atoms with Crippen molar-refractivity contribution in [3.8, 4) is 0 Å². The van der Waals surface area contributed by atoms with Crippen molar-refractivity contribution in [3.05, 3.63) is 34.9 Å². The van der Waals surface area contributed by atoms with Gasteiger partial charge in [-0.3, -0.25) is 19.2 Å². The number of imide groups is 1. The predicted molar refractivity (Wildman–Crippen MR) is 108 cm³/mol. The Morgan fingerprint density at radius 1 is 1.07 bits per heavy atom. The van der Waals surface area contributed by atoms with E-state index < -0.39 is 6.04 Å². The number of aliphatic imine (C=N–C) groups is 1. The van der Waals surface area contributed by atoms with Crippen molar-refractivity contribution < 1.29 is 14.2 Å². The van der Waals surface area contributed by atoms with E-state index in [9.17, 15) is 9.59 Å². The van der Waals surface area contributed by atoms with Crippen molar-refractivity contribution in [1.82, 2.24) is 14.7 Å². The number of fused-ring (bicyclic) bond motifs is 1. The number of hydrogen-bond acceptors (Lipinski definition) is 2. The Hall–Kier alpha value is -2.41. The highest BCUT2D eigenvalue weighted by atomic mass is 35.5. The summed E-state index contributed by atoms with van der Waals surface area (Å²) in [4.78, 5) is 34.9. The van der Waals surface area contributed by atoms with Crippen LogP contribution in [0.1, 0.15) is 31.2 Å². The van der Waals surface area contributed by atoms with Crippen LogP contribution in [0.15, 0.2) is 29.3 Å². The standard InChI is InChI=1S/C20H25ClN5O2/c1-23-17-16(18(27)24(2)20(23)28)26(13-14-9-5-6-10-15(14)21)19(22-17)25-11-7-3-4-8-12-25/h5-6,9-10,16H,3-4,7-8,11-13H2,1-2H3/q+1. The van der Waals surface area contributed by atoms with Gasteiger partial charge in [0.1, 0.15) is 0 Å². The van der Waals surface area contributed by atoms with Gasteiger partial charge in [-0.05, 0) is 18.9 Å². The van der Waals surface area contributed by atoms with Gasteiger partial charge in [-0.15, -0.1) is 0 Å². The summed E-state index contributed by atoms with van der Waals surface area (Å²) in [5.74, 6) is 1.02. The Bertz CT molecular complexity index is 871. The van der Waals surface area contributed by atoms with Crippen LogP contribution in [0.5, 0.6) is 0 Å². The molecule has 3 aliphatic rings. The van der Waals surface area contributed by atoms with Gasteiger partial charge in [0.15, 0.2) is 0 Å². The number of guanidine groups is 1. The van der Waals surface area contributed by atoms with Gasteiger partial charge in [-0.25, -0.2) is 9.69 Å². The molecule has 0 radical (unpaired) electrons. The number of amidine groups is 1. The number of amides is 3. The van der Waals surface area contributed by atoms with E-state index in [4.69, 9.17) is 16.6 Å². The van der Waals surface area contributed by atoms with Crippen molar-refractivity contribution in [2.75, 3.05) is 27.2 Å². The smallest absolute Gasteiger partial charge is 0.270 e. The van der Waals surface area contributed by atoms with E-state index in [1.807, 2.05) is 29.2 Å². The van der Waals surface area contributed by atoms with Crippen LogP contribution in [0.25, 0.3) is 0 Å². The number of halogens is 1. The topological polar surface area (TPSA) is 59.2 Å². The van der Waals surface area contributed by atoms with Gasteiger partial charge in [-0.1, -0.05) is 47.6 Å². The van der Waals surface area contributed by atoms with Crippen molar-refractivity contribution >= 4 is 35.3 Å². The first-order valence-electron chi connectivity index (χ1n) is 9.75. The average Bonchev–Trinajstić information content (AvgIpc) is 2.87. The molecule has 3 amide bonds. The highest BCUT2D eigenvalue weighted by Crippen LogP contribution is 2.27. The number of rotatable bonds is 2. The monoisotopic (exact) mass is 402 g/mol. The fourth-order valence-electron chi connectivity index (χ4n) is 4.08. The second-order valence-corrected chi connectivity index (χ2v) is 7.94. The third-order valence-corrected chi connectivity index (χ3v) is 6.07. The van der Waals surface area contributed by atoms with E-state index in [1.54, 1.807) is 7.05 Å². The third-order valence-electron chi connectivity index (χ3n) is 5.70. The van der Waals surface area contributed by atoms with Crippen LogP contribution < -0.4 is 0 Å². The number of nitrogens with zero attached hydrogens (tertiary/aromatic N) is 5. The molecule has 148 valence electrons. The fourth-order valence-corrected chi connectivity index (χ4v) is 4.28. The van der Waals surface area contributed by atoms with Crippen LogP contribution >= 0.6 is 11.6 Å². The quantitative estimate of drug-likeness (QED) is 0.714. The minimum Gasteiger partial charge on any atom is -0.270 e. The van der Waals surface area contributed by atoms with Crippen LogP contribution in [0, 0.1) is 0 Å². The molecule has 0 spiro atoms. The third kappa shape index (κ3) is 3.17. The summed E-state index contributed by atoms with van der Waals surface area (Å²) in [6.45, 7) is 2.27. The maximum atomic E-state index is 13.0. The number of hydrogen-bond donors (Lipinski definition) is 0. The number of likely N-dealkylation sites (N-methyl/N-ethyl adjacent to an activating group) is 2. The Morgan fingerprint density at radius 3 is 2.43 bits per heavy atom. The summed E-state index contributed by atoms with van der Waals surface area (Å²) in [5, 5.41) is 0.659. The van der Waals surface area contributed by atoms with Crippen molar-refractivity contribution in [2.45, 2.75) is 38.3 Å². The molecule has 7 nitrogen and oxygen atoms in total. The molecule has 1 unspecified atom stereocenters. The summed E-state index contributed by atoms with van der Waals surface area (Å²) in [7, 11) is 3.20. The fraction of sp³-hybridized carbons (Fsp3) is 0.500. The number of carbonyl (C=O) groups is 2. The molecular weight excluding hydrogens is 378 g/mol. The average molecular weight is 403 g/mol. The van der Waals surface area contributed by atoms with Gasteiger partial charge in [-0.2, -0.15) is 0 Å². The van der Waals surface area contributed by atoms with Gasteiger partial charge in [0.05, 0.1) is 19.6 Å². The summed E-state index contributed by atoms with van der Waals surface area (Å²) in [6, 6.07) is 6.69. The lowest BCUT2D eigenvalue weighted by Gasteiger charge is -2.33. The van der Waals surface area contributed by atoms with Crippen molar-refractivity contribution in [1.29, 1.82) is 0 Å². The number of carbonyl (C=O) groups excluding carboxylic acids is 2. The second-order valence-electron chi connectivity index (χ2n) is 7.53. The van der Waals surface area contributed by atoms with Gasteiger partial charge in [0, 0.05) is 24.7 Å². The van der Waals surface area contributed by atoms with E-state index in [0.717, 1.165) is 37.5 Å². The minimum absolute atomic E-state index is 0.251. The molecule has 3 heterocycles. The Labute approximate surface area is 169 Å². The van der Waals surface area contributed by atoms with Gasteiger partial charge >= 0.3 is 12.0 Å². The summed E-state index contributed by atoms with van der Waals surface area (Å²) in [5.41, 5.74) is 0.933. The Morgan fingerprint density at radius 2 is 1.75 bits per heavy atom. The zero-order valence-electron chi connectivity index (χ0n) is 16.3. The lowest BCUT2D eigenvalue weighted by atomic mass is 10.1. The highest BCUT2D eigenvalue weighted by molar-refractivity contribution is 6.31. The number of benzene rings is 1. The normalized spacial score (nSPS) is 23.2. The molecule has 0 N–H and O–H groups in total. The molecule has 2 fully saturated rings. The maximum Gasteiger partial charge on any atom is 0.392 e. The summed E-state index contributed by atoms with van der Waals surface area (Å²) >= 11 is 6.41. The van der Waals surface area contributed by atoms with Crippen LogP contribution in [0.3, 0.4) is 0 Å². The minimum atomic E-state index is -0.609. The van der Waals surface area contributed by atoms with Gasteiger partial charge in [0.25, 0.3) is 5.91 Å². The molecule has 0 aliphatic carbocycles. The molecule has 0 bridgehead atoms. The molecule has 0 aromatic heterocycles. The summed E-state index contributed by atoms with van der Waals surface area (Å²) < 4.78 is 2.25. The summed E-state index contributed by atoms with van der Waals surface area (Å²) in [6.07, 6.45) is 4.60. The largest absolute Gasteiger partial charge is 0.392 e. The van der Waals surface area contributed by atoms with Crippen molar-refractivity contribution in [3.63, 3.8) is 0 Å². The lowest BCUT2D eigenvalue weighted by molar-refractivity contribution is -0.531. The van der Waals surface area contributed by atoms with E-state index >= 15 is 0 Å². The zero-order valence-corrected chi connectivity index (χ0v) is 17.0. The molecule has 2 saturated heterocycles. The lowest BCUT2D eigenvalue weighted by Crippen LogP contribution is -2.62. The first kappa shape index (κ1) is 18.9. The molecule has 28 heavy (non-hydrogen) atoms. The molecule has 1 aromatic carbocycles.